The van der Waals surface area contributed by atoms with Crippen LogP contribution in [-0.4, -0.2) is 44.7 Å². The topological polar surface area (TPSA) is 89.7 Å². The molecule has 1 saturated carbocycles. The molecular formula is C23H24N4O4. The van der Waals surface area contributed by atoms with Gasteiger partial charge in [0.1, 0.15) is 17.2 Å². The molecule has 0 saturated heterocycles. The first-order chi connectivity index (χ1) is 15.1. The molecule has 3 aromatic rings. The third-order valence-corrected chi connectivity index (χ3v) is 5.96. The number of nitrogens with zero attached hydrogens (tertiary/aromatic N) is 4. The Kier molecular flexibility index (Phi) is 4.86. The molecule has 0 bridgehead atoms. The SMILES string of the molecule is COc1ccc(CN2Cc3cnc(C(=O)O)cc3-n3cnc(C4CC4)c3C2)c(OC)c1. The molecule has 2 aliphatic rings. The highest BCUT2D eigenvalue weighted by Crippen LogP contribution is 2.42. The van der Waals surface area contributed by atoms with Crippen molar-refractivity contribution in [3.63, 3.8) is 0 Å². The first-order valence-corrected chi connectivity index (χ1v) is 10.3. The fourth-order valence-corrected chi connectivity index (χ4v) is 4.23. The fourth-order valence-electron chi connectivity index (χ4n) is 4.23. The van der Waals surface area contributed by atoms with E-state index < -0.39 is 5.97 Å². The predicted octanol–water partition coefficient (Wildman–Crippen LogP) is 3.38. The summed E-state index contributed by atoms with van der Waals surface area (Å²) < 4.78 is 13.0. The van der Waals surface area contributed by atoms with Crippen LogP contribution in [0.15, 0.2) is 36.8 Å². The molecule has 0 spiro atoms. The number of hydrogen-bond acceptors (Lipinski definition) is 6. The maximum atomic E-state index is 11.5. The Hall–Kier alpha value is -3.39. The molecule has 3 heterocycles. The molecule has 160 valence electrons. The summed E-state index contributed by atoms with van der Waals surface area (Å²) in [6, 6.07) is 7.50. The quantitative estimate of drug-likeness (QED) is 0.654. The Balaban J connectivity index is 1.55. The second kappa shape index (κ2) is 7.70. The Labute approximate surface area is 180 Å². The molecule has 1 fully saturated rings. The van der Waals surface area contributed by atoms with Crippen molar-refractivity contribution in [1.29, 1.82) is 0 Å². The van der Waals surface area contributed by atoms with Gasteiger partial charge < -0.3 is 19.1 Å². The van der Waals surface area contributed by atoms with Gasteiger partial charge in [0.2, 0.25) is 0 Å². The van der Waals surface area contributed by atoms with E-state index >= 15 is 0 Å². The van der Waals surface area contributed by atoms with Crippen LogP contribution < -0.4 is 9.47 Å². The van der Waals surface area contributed by atoms with Crippen molar-refractivity contribution in [3.05, 3.63) is 65.0 Å². The Morgan fingerprint density at radius 2 is 2.00 bits per heavy atom. The van der Waals surface area contributed by atoms with Crippen LogP contribution >= 0.6 is 0 Å². The van der Waals surface area contributed by atoms with Crippen molar-refractivity contribution >= 4 is 5.97 Å². The molecule has 0 unspecified atom stereocenters. The number of hydrogen-bond donors (Lipinski definition) is 1. The van der Waals surface area contributed by atoms with Crippen molar-refractivity contribution in [3.8, 4) is 17.2 Å². The summed E-state index contributed by atoms with van der Waals surface area (Å²) in [5, 5.41) is 9.43. The standard InChI is InChI=1S/C23H24N4O4/c1-30-17-6-5-15(21(7-17)31-2)10-26-11-16-9-24-18(23(28)29)8-19(16)27-13-25-22(14-3-4-14)20(27)12-26/h5-9,13-14H,3-4,10-12H2,1-2H3,(H,28,29). The lowest BCUT2D eigenvalue weighted by Crippen LogP contribution is -2.22. The van der Waals surface area contributed by atoms with Crippen molar-refractivity contribution in [2.24, 2.45) is 0 Å². The molecule has 0 atom stereocenters. The highest BCUT2D eigenvalue weighted by atomic mass is 16.5. The van der Waals surface area contributed by atoms with Crippen LogP contribution in [-0.2, 0) is 19.6 Å². The highest BCUT2D eigenvalue weighted by molar-refractivity contribution is 5.86. The average Bonchev–Trinajstić information content (AvgIpc) is 3.56. The molecule has 0 amide bonds. The maximum Gasteiger partial charge on any atom is 0.354 e. The van der Waals surface area contributed by atoms with Gasteiger partial charge in [0.25, 0.3) is 0 Å². The number of pyridine rings is 1. The Morgan fingerprint density at radius 3 is 2.71 bits per heavy atom. The first-order valence-electron chi connectivity index (χ1n) is 10.3. The minimum Gasteiger partial charge on any atom is -0.497 e. The number of methoxy groups -OCH3 is 2. The summed E-state index contributed by atoms with van der Waals surface area (Å²) in [6.07, 6.45) is 5.80. The van der Waals surface area contributed by atoms with Gasteiger partial charge in [0.05, 0.1) is 37.6 Å². The van der Waals surface area contributed by atoms with Gasteiger partial charge in [-0.1, -0.05) is 6.07 Å². The second-order valence-electron chi connectivity index (χ2n) is 8.05. The lowest BCUT2D eigenvalue weighted by Gasteiger charge is -2.22. The molecule has 0 radical (unpaired) electrons. The van der Waals surface area contributed by atoms with Crippen molar-refractivity contribution in [2.45, 2.75) is 38.4 Å². The van der Waals surface area contributed by atoms with Crippen LogP contribution in [0, 0.1) is 0 Å². The van der Waals surface area contributed by atoms with Crippen molar-refractivity contribution in [2.75, 3.05) is 14.2 Å². The zero-order chi connectivity index (χ0) is 21.5. The monoisotopic (exact) mass is 420 g/mol. The number of aromatic nitrogens is 3. The number of fused-ring (bicyclic) bond motifs is 3. The van der Waals surface area contributed by atoms with E-state index in [0.717, 1.165) is 52.5 Å². The Bertz CT molecular complexity index is 1150. The van der Waals surface area contributed by atoms with Crippen molar-refractivity contribution < 1.29 is 19.4 Å². The summed E-state index contributed by atoms with van der Waals surface area (Å²) in [7, 11) is 3.30. The van der Waals surface area contributed by atoms with E-state index in [1.807, 2.05) is 29.1 Å². The third kappa shape index (κ3) is 3.63. The van der Waals surface area contributed by atoms with Gasteiger partial charge in [-0.3, -0.25) is 4.90 Å². The summed E-state index contributed by atoms with van der Waals surface area (Å²) in [4.78, 5) is 22.7. The molecular weight excluding hydrogens is 396 g/mol. The predicted molar refractivity (Wildman–Crippen MR) is 113 cm³/mol. The molecule has 31 heavy (non-hydrogen) atoms. The molecule has 1 aliphatic carbocycles. The van der Waals surface area contributed by atoms with Gasteiger partial charge >= 0.3 is 5.97 Å². The zero-order valence-electron chi connectivity index (χ0n) is 17.5. The van der Waals surface area contributed by atoms with Gasteiger partial charge in [-0.25, -0.2) is 14.8 Å². The van der Waals surface area contributed by atoms with E-state index in [-0.39, 0.29) is 5.69 Å². The highest BCUT2D eigenvalue weighted by Gasteiger charge is 2.32. The molecule has 8 nitrogen and oxygen atoms in total. The summed E-state index contributed by atoms with van der Waals surface area (Å²) in [5.74, 6) is 0.993. The number of aromatic carboxylic acids is 1. The largest absolute Gasteiger partial charge is 0.497 e. The summed E-state index contributed by atoms with van der Waals surface area (Å²) >= 11 is 0. The van der Waals surface area contributed by atoms with Gasteiger partial charge in [-0.15, -0.1) is 0 Å². The molecule has 5 rings (SSSR count). The van der Waals surface area contributed by atoms with Crippen LogP contribution in [0.4, 0.5) is 0 Å². The summed E-state index contributed by atoms with van der Waals surface area (Å²) in [5.41, 5.74) is 5.14. The van der Waals surface area contributed by atoms with Gasteiger partial charge in [0, 0.05) is 48.9 Å². The van der Waals surface area contributed by atoms with E-state index in [2.05, 4.69) is 9.88 Å². The first kappa shape index (κ1) is 19.6. The van der Waals surface area contributed by atoms with E-state index in [9.17, 15) is 9.90 Å². The molecule has 1 N–H and O–H groups in total. The maximum absolute atomic E-state index is 11.5. The molecule has 1 aliphatic heterocycles. The molecule has 8 heteroatoms. The number of benzene rings is 1. The van der Waals surface area contributed by atoms with Gasteiger partial charge in [-0.2, -0.15) is 0 Å². The minimum atomic E-state index is -1.03. The van der Waals surface area contributed by atoms with Crippen LogP contribution in [0.25, 0.3) is 5.69 Å². The average molecular weight is 420 g/mol. The van der Waals surface area contributed by atoms with Crippen LogP contribution in [0.2, 0.25) is 0 Å². The lowest BCUT2D eigenvalue weighted by molar-refractivity contribution is 0.0690. The zero-order valence-corrected chi connectivity index (χ0v) is 17.5. The van der Waals surface area contributed by atoms with E-state index in [1.165, 1.54) is 0 Å². The van der Waals surface area contributed by atoms with E-state index in [0.29, 0.717) is 25.6 Å². The number of ether oxygens (including phenoxy) is 2. The lowest BCUT2D eigenvalue weighted by atomic mass is 10.1. The smallest absolute Gasteiger partial charge is 0.354 e. The third-order valence-electron chi connectivity index (χ3n) is 5.96. The van der Waals surface area contributed by atoms with Crippen molar-refractivity contribution in [1.82, 2.24) is 19.4 Å². The van der Waals surface area contributed by atoms with Crippen LogP contribution in [0.5, 0.6) is 11.5 Å². The number of carbonyl (C=O) groups is 1. The number of carboxylic acids is 1. The normalized spacial score (nSPS) is 15.7. The molecule has 2 aromatic heterocycles. The van der Waals surface area contributed by atoms with Gasteiger partial charge in [0.15, 0.2) is 0 Å². The van der Waals surface area contributed by atoms with Crippen LogP contribution in [0.1, 0.15) is 51.8 Å². The van der Waals surface area contributed by atoms with Gasteiger partial charge in [-0.05, 0) is 25.0 Å². The van der Waals surface area contributed by atoms with E-state index in [4.69, 9.17) is 14.5 Å². The Morgan fingerprint density at radius 1 is 1.16 bits per heavy atom. The van der Waals surface area contributed by atoms with Crippen LogP contribution in [0.3, 0.4) is 0 Å². The number of rotatable bonds is 6. The summed E-state index contributed by atoms with van der Waals surface area (Å²) in [6.45, 7) is 2.02. The number of carboxylic acid groups (broad SMARTS) is 1. The fraction of sp³-hybridized carbons (Fsp3) is 0.348. The minimum absolute atomic E-state index is 0.0386. The van der Waals surface area contributed by atoms with E-state index in [1.54, 1.807) is 26.5 Å². The number of imidazole rings is 1. The second-order valence-corrected chi connectivity index (χ2v) is 8.05. The molecule has 1 aromatic carbocycles.